The van der Waals surface area contributed by atoms with Gasteiger partial charge in [-0.2, -0.15) is 0 Å². The minimum Gasteiger partial charge on any atom is -0.538 e. The molecule has 2 aliphatic rings. The molecule has 3 rings (SSSR count). The van der Waals surface area contributed by atoms with E-state index in [9.17, 15) is 8.78 Å². The number of pyridine rings is 1. The van der Waals surface area contributed by atoms with Gasteiger partial charge in [-0.05, 0) is 12.1 Å². The Bertz CT molecular complexity index is 415. The number of alkyl halides is 2. The zero-order chi connectivity index (χ0) is 12.0. The number of nitrogens with zero attached hydrogens (tertiary/aromatic N) is 2. The molecular formula is C10H11BF2N2O2. The van der Waals surface area contributed by atoms with E-state index >= 15 is 0 Å². The quantitative estimate of drug-likeness (QED) is 0.777. The minimum atomic E-state index is -2.46. The lowest BCUT2D eigenvalue weighted by Crippen LogP contribution is -2.27. The van der Waals surface area contributed by atoms with Crippen molar-refractivity contribution in [3.05, 3.63) is 18.3 Å². The summed E-state index contributed by atoms with van der Waals surface area (Å²) in [5.74, 6) is -2.32. The molecule has 1 aromatic rings. The molecule has 17 heavy (non-hydrogen) atoms. The maximum absolute atomic E-state index is 13.0. The second-order valence-corrected chi connectivity index (χ2v) is 4.42. The molecule has 2 atom stereocenters. The van der Waals surface area contributed by atoms with Crippen molar-refractivity contribution < 1.29 is 18.5 Å². The van der Waals surface area contributed by atoms with Crippen molar-refractivity contribution in [1.29, 1.82) is 0 Å². The van der Waals surface area contributed by atoms with Crippen molar-refractivity contribution >= 4 is 13.5 Å². The average Bonchev–Trinajstić information content (AvgIpc) is 2.69. The average molecular weight is 240 g/mol. The molecule has 0 spiro atoms. The Labute approximate surface area is 97.5 Å². The summed E-state index contributed by atoms with van der Waals surface area (Å²) in [6.45, 7) is 0.732. The zero-order valence-electron chi connectivity index (χ0n) is 9.01. The van der Waals surface area contributed by atoms with Crippen LogP contribution in [0, 0.1) is 11.8 Å². The van der Waals surface area contributed by atoms with E-state index in [2.05, 4.69) is 4.98 Å². The van der Waals surface area contributed by atoms with Crippen LogP contribution in [0.25, 0.3) is 0 Å². The summed E-state index contributed by atoms with van der Waals surface area (Å²) in [5.41, 5.74) is 0. The first-order chi connectivity index (χ1) is 8.13. The number of rotatable bonds is 3. The second-order valence-electron chi connectivity index (χ2n) is 4.42. The SMILES string of the molecule is OBOc1ccc(N2CC3C(C2)C3(F)F)nc1. The highest BCUT2D eigenvalue weighted by Gasteiger charge is 2.71. The normalized spacial score (nSPS) is 28.8. The van der Waals surface area contributed by atoms with E-state index in [1.54, 1.807) is 12.1 Å². The second kappa shape index (κ2) is 3.56. The fourth-order valence-corrected chi connectivity index (χ4v) is 2.41. The lowest BCUT2D eigenvalue weighted by atomic mass is 10.3. The Kier molecular flexibility index (Phi) is 2.26. The van der Waals surface area contributed by atoms with Crippen LogP contribution in [0.3, 0.4) is 0 Å². The third-order valence-corrected chi connectivity index (χ3v) is 3.48. The fourth-order valence-electron chi connectivity index (χ4n) is 2.41. The number of aromatic nitrogens is 1. The minimum absolute atomic E-state index is 0.366. The highest BCUT2D eigenvalue weighted by molar-refractivity contribution is 6.17. The summed E-state index contributed by atoms with van der Waals surface area (Å²) in [5, 5.41) is 8.55. The van der Waals surface area contributed by atoms with Crippen molar-refractivity contribution in [2.75, 3.05) is 18.0 Å². The number of halogens is 2. The van der Waals surface area contributed by atoms with Gasteiger partial charge in [0.15, 0.2) is 0 Å². The summed E-state index contributed by atoms with van der Waals surface area (Å²) in [6.07, 6.45) is 1.48. The first-order valence-corrected chi connectivity index (χ1v) is 5.45. The van der Waals surface area contributed by atoms with Crippen LogP contribution < -0.4 is 9.55 Å². The lowest BCUT2D eigenvalue weighted by molar-refractivity contribution is 0.0797. The highest BCUT2D eigenvalue weighted by Crippen LogP contribution is 2.59. The molecule has 0 amide bonds. The van der Waals surface area contributed by atoms with Gasteiger partial charge in [0.05, 0.1) is 18.0 Å². The molecule has 7 heteroatoms. The van der Waals surface area contributed by atoms with Crippen LogP contribution in [-0.4, -0.2) is 36.7 Å². The monoisotopic (exact) mass is 240 g/mol. The molecule has 1 aliphatic heterocycles. The number of hydrogen-bond acceptors (Lipinski definition) is 4. The molecule has 90 valence electrons. The van der Waals surface area contributed by atoms with Crippen molar-refractivity contribution in [1.82, 2.24) is 4.98 Å². The molecule has 2 unspecified atom stereocenters. The van der Waals surface area contributed by atoms with E-state index in [1.165, 1.54) is 6.20 Å². The van der Waals surface area contributed by atoms with E-state index in [0.717, 1.165) is 0 Å². The van der Waals surface area contributed by atoms with Crippen LogP contribution in [0.2, 0.25) is 0 Å². The molecule has 1 saturated heterocycles. The Morgan fingerprint density at radius 2 is 2.12 bits per heavy atom. The topological polar surface area (TPSA) is 45.6 Å². The number of fused-ring (bicyclic) bond motifs is 1. The van der Waals surface area contributed by atoms with Crippen LogP contribution in [0.4, 0.5) is 14.6 Å². The molecule has 0 radical (unpaired) electrons. The summed E-state index contributed by atoms with van der Waals surface area (Å²) in [6, 6.07) is 3.38. The molecule has 4 nitrogen and oxygen atoms in total. The predicted octanol–water partition coefficient (Wildman–Crippen LogP) is 0.421. The van der Waals surface area contributed by atoms with Crippen LogP contribution >= 0.6 is 0 Å². The van der Waals surface area contributed by atoms with Gasteiger partial charge in [-0.15, -0.1) is 0 Å². The molecule has 1 aliphatic carbocycles. The van der Waals surface area contributed by atoms with Crippen LogP contribution in [0.15, 0.2) is 18.3 Å². The highest BCUT2D eigenvalue weighted by atomic mass is 19.3. The lowest BCUT2D eigenvalue weighted by Gasteiger charge is -2.20. The molecular weight excluding hydrogens is 229 g/mol. The Balaban J connectivity index is 1.67. The maximum atomic E-state index is 13.0. The largest absolute Gasteiger partial charge is 0.538 e. The number of piperidine rings is 1. The van der Waals surface area contributed by atoms with Gasteiger partial charge < -0.3 is 14.6 Å². The van der Waals surface area contributed by atoms with Gasteiger partial charge >= 0.3 is 7.69 Å². The van der Waals surface area contributed by atoms with Crippen LogP contribution in [0.1, 0.15) is 0 Å². The Morgan fingerprint density at radius 3 is 2.65 bits per heavy atom. The number of hydrogen-bond donors (Lipinski definition) is 1. The van der Waals surface area contributed by atoms with Crippen LogP contribution in [0.5, 0.6) is 5.75 Å². The smallest absolute Gasteiger partial charge is 0.504 e. The molecule has 2 heterocycles. The van der Waals surface area contributed by atoms with Gasteiger partial charge in [-0.25, -0.2) is 13.8 Å². The first-order valence-electron chi connectivity index (χ1n) is 5.45. The fraction of sp³-hybridized carbons (Fsp3) is 0.500. The molecule has 0 bridgehead atoms. The maximum Gasteiger partial charge on any atom is 0.504 e. The van der Waals surface area contributed by atoms with Crippen LogP contribution in [-0.2, 0) is 0 Å². The Hall–Kier alpha value is -1.37. The van der Waals surface area contributed by atoms with Crippen molar-refractivity contribution in [2.24, 2.45) is 11.8 Å². The summed E-state index contributed by atoms with van der Waals surface area (Å²) < 4.78 is 30.8. The summed E-state index contributed by atoms with van der Waals surface area (Å²) in [7, 11) is -0.402. The van der Waals surface area contributed by atoms with E-state index < -0.39 is 25.4 Å². The molecule has 0 aromatic carbocycles. The molecule has 1 aromatic heterocycles. The zero-order valence-corrected chi connectivity index (χ0v) is 9.01. The molecule has 1 saturated carbocycles. The van der Waals surface area contributed by atoms with Crippen molar-refractivity contribution in [2.45, 2.75) is 5.92 Å². The van der Waals surface area contributed by atoms with E-state index in [1.807, 2.05) is 4.90 Å². The standard InChI is InChI=1S/C10H11BF2N2O2/c12-10(13)7-4-15(5-8(7)10)9-2-1-6(3-14-9)17-11-16/h1-3,7-8,11,16H,4-5H2. The van der Waals surface area contributed by atoms with Crippen molar-refractivity contribution in [3.63, 3.8) is 0 Å². The van der Waals surface area contributed by atoms with Gasteiger partial charge in [0.2, 0.25) is 0 Å². The Morgan fingerprint density at radius 1 is 1.41 bits per heavy atom. The molecule has 2 fully saturated rings. The van der Waals surface area contributed by atoms with Crippen molar-refractivity contribution in [3.8, 4) is 5.75 Å². The number of anilines is 1. The summed E-state index contributed by atoms with van der Waals surface area (Å²) >= 11 is 0. The van der Waals surface area contributed by atoms with E-state index in [-0.39, 0.29) is 0 Å². The van der Waals surface area contributed by atoms with Gasteiger partial charge in [0.1, 0.15) is 11.6 Å². The van der Waals surface area contributed by atoms with Gasteiger partial charge in [0, 0.05) is 13.1 Å². The van der Waals surface area contributed by atoms with Gasteiger partial charge in [0.25, 0.3) is 5.92 Å². The third kappa shape index (κ3) is 1.65. The van der Waals surface area contributed by atoms with E-state index in [0.29, 0.717) is 24.7 Å². The first kappa shape index (κ1) is 10.8. The predicted molar refractivity (Wildman–Crippen MR) is 58.4 cm³/mol. The molecule has 1 N–H and O–H groups in total. The van der Waals surface area contributed by atoms with Gasteiger partial charge in [-0.1, -0.05) is 0 Å². The third-order valence-electron chi connectivity index (χ3n) is 3.48. The van der Waals surface area contributed by atoms with Gasteiger partial charge in [-0.3, -0.25) is 0 Å². The summed E-state index contributed by atoms with van der Waals surface area (Å²) in [4.78, 5) is 5.98. The van der Waals surface area contributed by atoms with E-state index in [4.69, 9.17) is 9.68 Å².